The van der Waals surface area contributed by atoms with Crippen LogP contribution in [0.4, 0.5) is 0 Å². The van der Waals surface area contributed by atoms with Gasteiger partial charge in [0.2, 0.25) is 5.91 Å². The summed E-state index contributed by atoms with van der Waals surface area (Å²) in [5, 5.41) is 7.14. The number of hydrogen-bond acceptors (Lipinski definition) is 2. The summed E-state index contributed by atoms with van der Waals surface area (Å²) < 4.78 is 0. The van der Waals surface area contributed by atoms with Gasteiger partial charge in [-0.2, -0.15) is 0 Å². The molecule has 1 saturated carbocycles. The molecule has 0 aliphatic heterocycles. The summed E-state index contributed by atoms with van der Waals surface area (Å²) in [6, 6.07) is 8.32. The van der Waals surface area contributed by atoms with E-state index < -0.39 is 0 Å². The van der Waals surface area contributed by atoms with Crippen molar-refractivity contribution in [3.63, 3.8) is 0 Å². The lowest BCUT2D eigenvalue weighted by Gasteiger charge is -2.14. The molecule has 1 unspecified atom stereocenters. The molecular formula is C15H21ClN2O. The molecule has 0 saturated heterocycles. The maximum atomic E-state index is 11.4. The normalized spacial score (nSPS) is 16.1. The van der Waals surface area contributed by atoms with Crippen molar-refractivity contribution in [2.24, 2.45) is 5.92 Å². The molecule has 19 heavy (non-hydrogen) atoms. The summed E-state index contributed by atoms with van der Waals surface area (Å²) in [6.07, 6.45) is 3.09. The number of benzene rings is 1. The van der Waals surface area contributed by atoms with Gasteiger partial charge >= 0.3 is 0 Å². The third-order valence-corrected chi connectivity index (χ3v) is 3.57. The highest BCUT2D eigenvalue weighted by molar-refractivity contribution is 6.30. The van der Waals surface area contributed by atoms with Gasteiger partial charge in [0.1, 0.15) is 0 Å². The summed E-state index contributed by atoms with van der Waals surface area (Å²) in [5.41, 5.74) is 1.27. The fourth-order valence-corrected chi connectivity index (χ4v) is 2.17. The number of hydrogen-bond donors (Lipinski definition) is 2. The Kier molecular flexibility index (Phi) is 5.23. The lowest BCUT2D eigenvalue weighted by molar-refractivity contribution is -0.122. The zero-order chi connectivity index (χ0) is 13.7. The second-order valence-electron chi connectivity index (χ2n) is 5.25. The Morgan fingerprint density at radius 2 is 2.00 bits per heavy atom. The van der Waals surface area contributed by atoms with E-state index in [1.54, 1.807) is 0 Å². The third-order valence-electron chi connectivity index (χ3n) is 3.32. The van der Waals surface area contributed by atoms with Crippen molar-refractivity contribution in [1.82, 2.24) is 10.6 Å². The number of carbonyl (C=O) groups is 1. The van der Waals surface area contributed by atoms with Crippen molar-refractivity contribution in [2.45, 2.75) is 32.2 Å². The quantitative estimate of drug-likeness (QED) is 0.753. The van der Waals surface area contributed by atoms with Crippen LogP contribution in [-0.2, 0) is 11.2 Å². The average molecular weight is 281 g/mol. The molecule has 1 amide bonds. The van der Waals surface area contributed by atoms with Gasteiger partial charge < -0.3 is 10.6 Å². The number of amides is 1. The van der Waals surface area contributed by atoms with E-state index in [4.69, 9.17) is 11.6 Å². The molecule has 0 radical (unpaired) electrons. The maximum absolute atomic E-state index is 11.4. The lowest BCUT2D eigenvalue weighted by atomic mass is 10.1. The Hall–Kier alpha value is -1.06. The second-order valence-corrected chi connectivity index (χ2v) is 5.69. The Bertz CT molecular complexity index is 415. The van der Waals surface area contributed by atoms with Crippen LogP contribution in [0.15, 0.2) is 24.3 Å². The maximum Gasteiger partial charge on any atom is 0.223 e. The van der Waals surface area contributed by atoms with E-state index in [1.807, 2.05) is 12.1 Å². The minimum Gasteiger partial charge on any atom is -0.355 e. The summed E-state index contributed by atoms with van der Waals surface area (Å²) in [6.45, 7) is 3.67. The molecule has 1 fully saturated rings. The van der Waals surface area contributed by atoms with E-state index in [0.717, 1.165) is 30.8 Å². The highest BCUT2D eigenvalue weighted by Crippen LogP contribution is 2.28. The van der Waals surface area contributed by atoms with Crippen LogP contribution in [0, 0.1) is 5.92 Å². The molecule has 0 spiro atoms. The predicted molar refractivity (Wildman–Crippen MR) is 78.4 cm³/mol. The molecule has 2 rings (SSSR count). The summed E-state index contributed by atoms with van der Waals surface area (Å²) in [4.78, 5) is 11.4. The van der Waals surface area contributed by atoms with E-state index in [0.29, 0.717) is 18.5 Å². The molecule has 104 valence electrons. The molecule has 2 N–H and O–H groups in total. The van der Waals surface area contributed by atoms with E-state index in [9.17, 15) is 4.79 Å². The van der Waals surface area contributed by atoms with Crippen molar-refractivity contribution in [2.75, 3.05) is 13.1 Å². The standard InChI is InChI=1S/C15H21ClN2O/c1-11(10-12-2-6-14(16)7-3-12)17-8-9-18-15(19)13-4-5-13/h2-3,6-7,11,13,17H,4-5,8-10H2,1H3,(H,18,19). The predicted octanol–water partition coefficient (Wildman–Crippen LogP) is 2.39. The van der Waals surface area contributed by atoms with Crippen molar-refractivity contribution in [1.29, 1.82) is 0 Å². The van der Waals surface area contributed by atoms with E-state index in [2.05, 4.69) is 29.7 Å². The van der Waals surface area contributed by atoms with Gasteiger partial charge in [-0.05, 0) is 43.9 Å². The van der Waals surface area contributed by atoms with Crippen LogP contribution in [0.1, 0.15) is 25.3 Å². The van der Waals surface area contributed by atoms with Gasteiger partial charge in [0.15, 0.2) is 0 Å². The SMILES string of the molecule is CC(Cc1ccc(Cl)cc1)NCCNC(=O)C1CC1. The molecule has 0 bridgehead atoms. The minimum absolute atomic E-state index is 0.215. The summed E-state index contributed by atoms with van der Waals surface area (Å²) >= 11 is 5.86. The van der Waals surface area contributed by atoms with Gasteiger partial charge in [-0.25, -0.2) is 0 Å². The fraction of sp³-hybridized carbons (Fsp3) is 0.533. The zero-order valence-corrected chi connectivity index (χ0v) is 12.0. The van der Waals surface area contributed by atoms with Crippen LogP contribution < -0.4 is 10.6 Å². The van der Waals surface area contributed by atoms with Crippen LogP contribution >= 0.6 is 11.6 Å². The largest absolute Gasteiger partial charge is 0.355 e. The Balaban J connectivity index is 1.59. The molecule has 1 aromatic rings. The number of carbonyl (C=O) groups excluding carboxylic acids is 1. The number of rotatable bonds is 7. The molecule has 4 heteroatoms. The Labute approximate surface area is 119 Å². The van der Waals surface area contributed by atoms with Crippen LogP contribution in [0.2, 0.25) is 5.02 Å². The molecule has 0 aromatic heterocycles. The van der Waals surface area contributed by atoms with Crippen molar-refractivity contribution < 1.29 is 4.79 Å². The van der Waals surface area contributed by atoms with Gasteiger partial charge in [0, 0.05) is 30.1 Å². The second kappa shape index (κ2) is 6.92. The first-order valence-electron chi connectivity index (χ1n) is 6.90. The smallest absolute Gasteiger partial charge is 0.223 e. The van der Waals surface area contributed by atoms with Crippen molar-refractivity contribution in [3.05, 3.63) is 34.9 Å². The fourth-order valence-electron chi connectivity index (χ4n) is 2.04. The van der Waals surface area contributed by atoms with Crippen LogP contribution in [-0.4, -0.2) is 25.0 Å². The van der Waals surface area contributed by atoms with Gasteiger partial charge in [0.05, 0.1) is 0 Å². The van der Waals surface area contributed by atoms with Gasteiger partial charge in [0.25, 0.3) is 0 Å². The highest BCUT2D eigenvalue weighted by Gasteiger charge is 2.28. The summed E-state index contributed by atoms with van der Waals surface area (Å²) in [5.74, 6) is 0.513. The summed E-state index contributed by atoms with van der Waals surface area (Å²) in [7, 11) is 0. The molecular weight excluding hydrogens is 260 g/mol. The Morgan fingerprint density at radius 3 is 2.63 bits per heavy atom. The van der Waals surface area contributed by atoms with E-state index in [-0.39, 0.29) is 5.91 Å². The van der Waals surface area contributed by atoms with Gasteiger partial charge in [-0.1, -0.05) is 23.7 Å². The molecule has 0 heterocycles. The lowest BCUT2D eigenvalue weighted by Crippen LogP contribution is -2.37. The third kappa shape index (κ3) is 5.21. The first-order valence-corrected chi connectivity index (χ1v) is 7.28. The Morgan fingerprint density at radius 1 is 1.32 bits per heavy atom. The van der Waals surface area contributed by atoms with E-state index in [1.165, 1.54) is 5.56 Å². The zero-order valence-electron chi connectivity index (χ0n) is 11.3. The minimum atomic E-state index is 0.215. The van der Waals surface area contributed by atoms with Crippen LogP contribution in [0.25, 0.3) is 0 Å². The molecule has 3 nitrogen and oxygen atoms in total. The van der Waals surface area contributed by atoms with Crippen molar-refractivity contribution >= 4 is 17.5 Å². The first-order chi connectivity index (χ1) is 9.15. The molecule has 1 aromatic carbocycles. The molecule has 1 aliphatic rings. The number of halogens is 1. The van der Waals surface area contributed by atoms with Crippen molar-refractivity contribution in [3.8, 4) is 0 Å². The van der Waals surface area contributed by atoms with Crippen LogP contribution in [0.3, 0.4) is 0 Å². The number of nitrogens with one attached hydrogen (secondary N) is 2. The molecule has 1 atom stereocenters. The average Bonchev–Trinajstić information content (AvgIpc) is 3.21. The highest BCUT2D eigenvalue weighted by atomic mass is 35.5. The topological polar surface area (TPSA) is 41.1 Å². The monoisotopic (exact) mass is 280 g/mol. The van der Waals surface area contributed by atoms with Crippen LogP contribution in [0.5, 0.6) is 0 Å². The molecule has 1 aliphatic carbocycles. The first kappa shape index (κ1) is 14.4. The van der Waals surface area contributed by atoms with E-state index >= 15 is 0 Å². The van der Waals surface area contributed by atoms with Gasteiger partial charge in [-0.15, -0.1) is 0 Å². The van der Waals surface area contributed by atoms with Gasteiger partial charge in [-0.3, -0.25) is 4.79 Å².